The van der Waals surface area contributed by atoms with Gasteiger partial charge in [-0.15, -0.1) is 5.10 Å². The first kappa shape index (κ1) is 26.9. The number of aromatic nitrogens is 2. The molecule has 3 aromatic rings. The van der Waals surface area contributed by atoms with Gasteiger partial charge in [-0.3, -0.25) is 0 Å². The van der Waals surface area contributed by atoms with Crippen molar-refractivity contribution in [2.24, 2.45) is 0 Å². The lowest BCUT2D eigenvalue weighted by Gasteiger charge is -2.14. The van der Waals surface area contributed by atoms with Crippen molar-refractivity contribution in [3.8, 4) is 22.8 Å². The van der Waals surface area contributed by atoms with Crippen molar-refractivity contribution in [3.63, 3.8) is 0 Å². The Labute approximate surface area is 223 Å². The van der Waals surface area contributed by atoms with Gasteiger partial charge >= 0.3 is 6.09 Å². The lowest BCUT2D eigenvalue weighted by molar-refractivity contribution is 0.0185. The molecule has 0 saturated heterocycles. The molecule has 37 heavy (non-hydrogen) atoms. The minimum Gasteiger partial charge on any atom is -0.493 e. The van der Waals surface area contributed by atoms with Gasteiger partial charge < -0.3 is 34.1 Å². The molecular formula is C26H30BrN3O7. The number of aliphatic hydroxyl groups is 1. The zero-order valence-electron chi connectivity index (χ0n) is 21.0. The van der Waals surface area contributed by atoms with E-state index in [-0.39, 0.29) is 32.3 Å². The summed E-state index contributed by atoms with van der Waals surface area (Å²) in [5.41, 5.74) is 4.16. The van der Waals surface area contributed by atoms with Crippen molar-refractivity contribution in [1.29, 1.82) is 0 Å². The monoisotopic (exact) mass is 575 g/mol. The van der Waals surface area contributed by atoms with E-state index in [1.165, 1.54) is 4.68 Å². The van der Waals surface area contributed by atoms with E-state index in [0.717, 1.165) is 26.9 Å². The van der Waals surface area contributed by atoms with Crippen LogP contribution in [0.15, 0.2) is 40.9 Å². The molecule has 1 heterocycles. The fourth-order valence-corrected chi connectivity index (χ4v) is 4.68. The number of hydrogen-bond acceptors (Lipinski definition) is 9. The van der Waals surface area contributed by atoms with Gasteiger partial charge in [-0.1, -0.05) is 28.9 Å². The molecule has 1 aliphatic rings. The Balaban J connectivity index is 1.61. The standard InChI is InChI=1S/C26H30BrN3O7/c1-16-19-14-21(33-2)22(34-3)15-20(19)24-23(16)25(28-18-6-4-5-17(27)13-18)29-30(24)26(32)37-12-11-36-10-9-35-8-7-31/h4-6,13-16,31H,7-12H2,1-3H3,(H,28,29). The highest BCUT2D eigenvalue weighted by Gasteiger charge is 2.37. The summed E-state index contributed by atoms with van der Waals surface area (Å²) in [6.45, 7) is 3.23. The maximum atomic E-state index is 13.2. The number of fused-ring (bicyclic) bond motifs is 3. The van der Waals surface area contributed by atoms with Crippen molar-refractivity contribution < 1.29 is 33.6 Å². The first-order valence-corrected chi connectivity index (χ1v) is 12.6. The number of anilines is 2. The highest BCUT2D eigenvalue weighted by molar-refractivity contribution is 9.10. The van der Waals surface area contributed by atoms with E-state index < -0.39 is 6.09 Å². The first-order chi connectivity index (χ1) is 18.0. The normalized spacial score (nSPS) is 13.7. The zero-order valence-corrected chi connectivity index (χ0v) is 22.5. The van der Waals surface area contributed by atoms with Crippen LogP contribution in [0.25, 0.3) is 11.3 Å². The van der Waals surface area contributed by atoms with Crippen LogP contribution in [0.5, 0.6) is 11.5 Å². The van der Waals surface area contributed by atoms with Gasteiger partial charge in [0, 0.05) is 27.2 Å². The predicted molar refractivity (Wildman–Crippen MR) is 141 cm³/mol. The SMILES string of the molecule is COc1cc2c(cc1OC)C(C)c1c(Nc3cccc(Br)c3)nn(C(=O)OCCOCCOCCO)c1-2. The van der Waals surface area contributed by atoms with Crippen LogP contribution in [-0.4, -0.2) is 74.8 Å². The van der Waals surface area contributed by atoms with Crippen LogP contribution in [0.4, 0.5) is 16.3 Å². The first-order valence-electron chi connectivity index (χ1n) is 11.8. The number of halogens is 1. The van der Waals surface area contributed by atoms with E-state index in [9.17, 15) is 4.79 Å². The summed E-state index contributed by atoms with van der Waals surface area (Å²) in [5, 5.41) is 16.7. The number of carbonyl (C=O) groups excluding carboxylic acids is 1. The molecule has 2 N–H and O–H groups in total. The van der Waals surface area contributed by atoms with Gasteiger partial charge in [0.1, 0.15) is 6.61 Å². The topological polar surface area (TPSA) is 113 Å². The maximum absolute atomic E-state index is 13.2. The van der Waals surface area contributed by atoms with Gasteiger partial charge in [0.2, 0.25) is 0 Å². The number of carbonyl (C=O) groups is 1. The molecule has 1 atom stereocenters. The minimum atomic E-state index is -0.617. The van der Waals surface area contributed by atoms with Gasteiger partial charge in [-0.2, -0.15) is 4.68 Å². The van der Waals surface area contributed by atoms with Crippen LogP contribution in [0.1, 0.15) is 24.0 Å². The molecule has 0 bridgehead atoms. The van der Waals surface area contributed by atoms with Crippen molar-refractivity contribution in [2.45, 2.75) is 12.8 Å². The molecule has 0 radical (unpaired) electrons. The van der Waals surface area contributed by atoms with E-state index in [1.54, 1.807) is 14.2 Å². The van der Waals surface area contributed by atoms with Crippen LogP contribution in [0.3, 0.4) is 0 Å². The summed E-state index contributed by atoms with van der Waals surface area (Å²) in [6.07, 6.45) is -0.617. The number of nitrogens with one attached hydrogen (secondary N) is 1. The van der Waals surface area contributed by atoms with Gasteiger partial charge in [0.25, 0.3) is 0 Å². The third kappa shape index (κ3) is 5.90. The molecule has 0 fully saturated rings. The number of rotatable bonds is 12. The smallest absolute Gasteiger partial charge is 0.435 e. The van der Waals surface area contributed by atoms with E-state index in [0.29, 0.717) is 36.2 Å². The predicted octanol–water partition coefficient (Wildman–Crippen LogP) is 4.55. The lowest BCUT2D eigenvalue weighted by Crippen LogP contribution is -2.19. The van der Waals surface area contributed by atoms with Crippen molar-refractivity contribution in [3.05, 3.63) is 52.0 Å². The quantitative estimate of drug-likeness (QED) is 0.300. The third-order valence-electron chi connectivity index (χ3n) is 5.95. The third-order valence-corrected chi connectivity index (χ3v) is 6.45. The molecule has 0 aliphatic heterocycles. The van der Waals surface area contributed by atoms with Crippen molar-refractivity contribution >= 4 is 33.5 Å². The van der Waals surface area contributed by atoms with Gasteiger partial charge in [-0.25, -0.2) is 4.79 Å². The Morgan fingerprint density at radius 2 is 1.76 bits per heavy atom. The Hall–Kier alpha value is -3.12. The molecule has 4 rings (SSSR count). The van der Waals surface area contributed by atoms with Crippen LogP contribution >= 0.6 is 15.9 Å². The second-order valence-electron chi connectivity index (χ2n) is 8.24. The molecule has 1 aliphatic carbocycles. The molecule has 1 aromatic heterocycles. The average molecular weight is 576 g/mol. The molecule has 198 valence electrons. The summed E-state index contributed by atoms with van der Waals surface area (Å²) in [6, 6.07) is 11.5. The number of nitrogens with zero attached hydrogens (tertiary/aromatic N) is 2. The summed E-state index contributed by atoms with van der Waals surface area (Å²) in [4.78, 5) is 13.2. The largest absolute Gasteiger partial charge is 0.493 e. The van der Waals surface area contributed by atoms with Crippen LogP contribution in [0.2, 0.25) is 0 Å². The Bertz CT molecular complexity index is 1250. The number of methoxy groups -OCH3 is 2. The summed E-state index contributed by atoms with van der Waals surface area (Å²) in [7, 11) is 3.17. The number of ether oxygens (including phenoxy) is 5. The second-order valence-corrected chi connectivity index (χ2v) is 9.15. The van der Waals surface area contributed by atoms with E-state index >= 15 is 0 Å². The van der Waals surface area contributed by atoms with Gasteiger partial charge in [0.05, 0.1) is 52.9 Å². The number of aliphatic hydroxyl groups excluding tert-OH is 1. The molecule has 10 nitrogen and oxygen atoms in total. The number of hydrogen-bond donors (Lipinski definition) is 2. The molecule has 0 amide bonds. The molecule has 0 spiro atoms. The lowest BCUT2D eigenvalue weighted by atomic mass is 9.99. The fourth-order valence-electron chi connectivity index (χ4n) is 4.28. The van der Waals surface area contributed by atoms with Crippen molar-refractivity contribution in [2.75, 3.05) is 59.2 Å². The Morgan fingerprint density at radius 3 is 2.46 bits per heavy atom. The molecule has 11 heteroatoms. The molecule has 1 unspecified atom stereocenters. The molecular weight excluding hydrogens is 546 g/mol. The van der Waals surface area contributed by atoms with Gasteiger partial charge in [0.15, 0.2) is 17.3 Å². The Kier molecular flexibility index (Phi) is 9.04. The minimum absolute atomic E-state index is 0.0371. The van der Waals surface area contributed by atoms with E-state index in [1.807, 2.05) is 36.4 Å². The highest BCUT2D eigenvalue weighted by Crippen LogP contribution is 2.51. The van der Waals surface area contributed by atoms with Crippen molar-refractivity contribution in [1.82, 2.24) is 9.78 Å². The van der Waals surface area contributed by atoms with E-state index in [2.05, 4.69) is 33.3 Å². The van der Waals surface area contributed by atoms with Gasteiger partial charge in [-0.05, 0) is 35.9 Å². The van der Waals surface area contributed by atoms with E-state index in [4.69, 9.17) is 28.8 Å². The number of benzene rings is 2. The Morgan fingerprint density at radius 1 is 1.05 bits per heavy atom. The summed E-state index contributed by atoms with van der Waals surface area (Å²) in [5.74, 6) is 1.66. The zero-order chi connectivity index (χ0) is 26.4. The molecule has 0 saturated carbocycles. The van der Waals surface area contributed by atoms with Crippen LogP contribution in [-0.2, 0) is 14.2 Å². The summed E-state index contributed by atoms with van der Waals surface area (Å²) < 4.78 is 29.3. The maximum Gasteiger partial charge on any atom is 0.435 e. The highest BCUT2D eigenvalue weighted by atomic mass is 79.9. The van der Waals surface area contributed by atoms with Crippen LogP contribution in [0, 0.1) is 0 Å². The average Bonchev–Trinajstić information content (AvgIpc) is 3.40. The molecule has 2 aromatic carbocycles. The summed E-state index contributed by atoms with van der Waals surface area (Å²) >= 11 is 3.49. The fraction of sp³-hybridized carbons (Fsp3) is 0.385. The second kappa shape index (κ2) is 12.4. The van der Waals surface area contributed by atoms with Crippen LogP contribution < -0.4 is 14.8 Å².